The summed E-state index contributed by atoms with van der Waals surface area (Å²) in [5, 5.41) is 2.08. The van der Waals surface area contributed by atoms with Crippen LogP contribution in [0.2, 0.25) is 5.04 Å². The number of nitrogens with one attached hydrogen (secondary N) is 1. The van der Waals surface area contributed by atoms with E-state index in [4.69, 9.17) is 18.9 Å². The van der Waals surface area contributed by atoms with Crippen molar-refractivity contribution in [3.05, 3.63) is 101 Å². The molecule has 226 valence electrons. The molecule has 2 aromatic heterocycles. The van der Waals surface area contributed by atoms with E-state index in [1.165, 1.54) is 7.11 Å². The van der Waals surface area contributed by atoms with Crippen molar-refractivity contribution in [1.29, 1.82) is 0 Å². The van der Waals surface area contributed by atoms with Crippen LogP contribution in [0.25, 0.3) is 22.6 Å². The quantitative estimate of drug-likeness (QED) is 0.208. The van der Waals surface area contributed by atoms with E-state index >= 15 is 0 Å². The minimum atomic E-state index is -2.90. The maximum Gasteiger partial charge on any atom is 0.359 e. The highest BCUT2D eigenvalue weighted by Crippen LogP contribution is 2.38. The smallest absolute Gasteiger partial charge is 0.359 e. The van der Waals surface area contributed by atoms with Gasteiger partial charge in [-0.15, -0.1) is 0 Å². The summed E-state index contributed by atoms with van der Waals surface area (Å²) in [6.45, 7) is 7.78. The molecule has 1 fully saturated rings. The number of imidazole rings is 1. The molecule has 6 rings (SSSR count). The third kappa shape index (κ3) is 5.24. The standard InChI is InChI=1S/C34H36N4O5Si/c1-34(2,3)44(26-14-7-5-8-15-26,27-16-9-6-10-17-27)43-25-13-11-12-23(22-25)30-35-29(32(39)41-4)28-31(37-30)38(33(40)36-28)24-18-20-42-21-19-24/h5-17,22,24H,18-21H2,1-4H3,(H,36,40). The fourth-order valence-corrected chi connectivity index (χ4v) is 10.6. The van der Waals surface area contributed by atoms with E-state index in [-0.39, 0.29) is 28.0 Å². The molecule has 1 N–H and O–H groups in total. The van der Waals surface area contributed by atoms with Crippen LogP contribution in [0.3, 0.4) is 0 Å². The normalized spacial score (nSPS) is 14.5. The van der Waals surface area contributed by atoms with Gasteiger partial charge in [-0.2, -0.15) is 0 Å². The van der Waals surface area contributed by atoms with E-state index in [1.54, 1.807) is 4.57 Å². The molecule has 3 heterocycles. The molecule has 1 saturated heterocycles. The van der Waals surface area contributed by atoms with Gasteiger partial charge in [-0.25, -0.2) is 19.6 Å². The minimum Gasteiger partial charge on any atom is -0.534 e. The Kier molecular flexibility index (Phi) is 7.96. The molecule has 0 bridgehead atoms. The maximum absolute atomic E-state index is 13.2. The SMILES string of the molecule is COC(=O)c1nc(-c2cccc(O[Si](c3ccccc3)(c3ccccc3)C(C)(C)C)c2)nc2c1[nH]c(=O)n2C1CCOCC1. The summed E-state index contributed by atoms with van der Waals surface area (Å²) in [5.41, 5.74) is 0.947. The minimum absolute atomic E-state index is 0.00807. The van der Waals surface area contributed by atoms with Crippen molar-refractivity contribution >= 4 is 35.8 Å². The number of carbonyl (C=O) groups excluding carboxylic acids is 1. The largest absolute Gasteiger partial charge is 0.534 e. The van der Waals surface area contributed by atoms with Gasteiger partial charge in [0.25, 0.3) is 0 Å². The van der Waals surface area contributed by atoms with Gasteiger partial charge < -0.3 is 18.9 Å². The van der Waals surface area contributed by atoms with Crippen LogP contribution in [-0.4, -0.2) is 54.1 Å². The first-order valence-electron chi connectivity index (χ1n) is 14.8. The van der Waals surface area contributed by atoms with Crippen molar-refractivity contribution in [3.8, 4) is 17.1 Å². The van der Waals surface area contributed by atoms with E-state index in [0.29, 0.717) is 48.8 Å². The van der Waals surface area contributed by atoms with Crippen LogP contribution >= 0.6 is 0 Å². The summed E-state index contributed by atoms with van der Waals surface area (Å²) in [6, 6.07) is 28.4. The first-order chi connectivity index (χ1) is 21.2. The molecule has 0 radical (unpaired) electrons. The Hall–Kier alpha value is -4.54. The zero-order valence-corrected chi connectivity index (χ0v) is 26.4. The number of esters is 1. The van der Waals surface area contributed by atoms with Crippen molar-refractivity contribution in [1.82, 2.24) is 19.5 Å². The third-order valence-corrected chi connectivity index (χ3v) is 13.2. The first kappa shape index (κ1) is 29.5. The predicted molar refractivity (Wildman–Crippen MR) is 172 cm³/mol. The van der Waals surface area contributed by atoms with Gasteiger partial charge in [0.15, 0.2) is 17.2 Å². The number of carbonyl (C=O) groups is 1. The summed E-state index contributed by atoms with van der Waals surface area (Å²) >= 11 is 0. The van der Waals surface area contributed by atoms with Crippen molar-refractivity contribution in [2.45, 2.75) is 44.7 Å². The van der Waals surface area contributed by atoms with Gasteiger partial charge >= 0.3 is 20.0 Å². The van der Waals surface area contributed by atoms with Crippen molar-refractivity contribution < 1.29 is 18.7 Å². The maximum atomic E-state index is 13.2. The number of fused-ring (bicyclic) bond motifs is 1. The predicted octanol–water partition coefficient (Wildman–Crippen LogP) is 4.86. The molecule has 44 heavy (non-hydrogen) atoms. The molecule has 0 saturated carbocycles. The molecule has 10 heteroatoms. The molecule has 0 aliphatic carbocycles. The van der Waals surface area contributed by atoms with Crippen LogP contribution < -0.4 is 20.5 Å². The summed E-state index contributed by atoms with van der Waals surface area (Å²) in [7, 11) is -1.60. The number of rotatable bonds is 7. The molecule has 1 aliphatic rings. The molecular formula is C34H36N4O5Si. The Morgan fingerprint density at radius 1 is 0.932 bits per heavy atom. The van der Waals surface area contributed by atoms with Crippen molar-refractivity contribution in [3.63, 3.8) is 0 Å². The molecule has 0 amide bonds. The van der Waals surface area contributed by atoms with Crippen LogP contribution in [-0.2, 0) is 9.47 Å². The number of nitrogens with zero attached hydrogens (tertiary/aromatic N) is 3. The Morgan fingerprint density at radius 3 is 2.16 bits per heavy atom. The van der Waals surface area contributed by atoms with E-state index in [0.717, 1.165) is 10.4 Å². The highest BCUT2D eigenvalue weighted by molar-refractivity contribution is 7.00. The lowest BCUT2D eigenvalue weighted by Crippen LogP contribution is -2.68. The number of hydrogen-bond acceptors (Lipinski definition) is 7. The van der Waals surface area contributed by atoms with E-state index in [2.05, 4.69) is 79.3 Å². The van der Waals surface area contributed by atoms with Gasteiger partial charge in [-0.3, -0.25) is 4.57 Å². The Bertz CT molecular complexity index is 1800. The number of methoxy groups -OCH3 is 1. The number of aromatic amines is 1. The van der Waals surface area contributed by atoms with Gasteiger partial charge in [-0.1, -0.05) is 93.6 Å². The van der Waals surface area contributed by atoms with Gasteiger partial charge in [0.05, 0.1) is 7.11 Å². The molecular weight excluding hydrogens is 572 g/mol. The molecule has 9 nitrogen and oxygen atoms in total. The number of aromatic nitrogens is 4. The lowest BCUT2D eigenvalue weighted by Gasteiger charge is -2.43. The van der Waals surface area contributed by atoms with Gasteiger partial charge in [0.1, 0.15) is 11.3 Å². The number of ether oxygens (including phenoxy) is 2. The van der Waals surface area contributed by atoms with Gasteiger partial charge in [0, 0.05) is 24.8 Å². The summed E-state index contributed by atoms with van der Waals surface area (Å²) in [6.07, 6.45) is 1.34. The molecule has 0 atom stereocenters. The number of H-pyrrole nitrogens is 1. The van der Waals surface area contributed by atoms with Crippen molar-refractivity contribution in [2.24, 2.45) is 0 Å². The van der Waals surface area contributed by atoms with E-state index in [9.17, 15) is 9.59 Å². The second-order valence-corrected chi connectivity index (χ2v) is 16.2. The van der Waals surface area contributed by atoms with E-state index in [1.807, 2.05) is 36.4 Å². The average molecular weight is 609 g/mol. The zero-order chi connectivity index (χ0) is 30.9. The van der Waals surface area contributed by atoms with Gasteiger partial charge in [0.2, 0.25) is 0 Å². The fraction of sp³-hybridized carbons (Fsp3) is 0.294. The van der Waals surface area contributed by atoms with Crippen LogP contribution in [0.4, 0.5) is 0 Å². The zero-order valence-electron chi connectivity index (χ0n) is 25.4. The van der Waals surface area contributed by atoms with Crippen LogP contribution in [0.1, 0.15) is 50.1 Å². The Balaban J connectivity index is 1.51. The summed E-state index contributed by atoms with van der Waals surface area (Å²) < 4.78 is 19.4. The van der Waals surface area contributed by atoms with Crippen LogP contribution in [0, 0.1) is 0 Å². The lowest BCUT2D eigenvalue weighted by molar-refractivity contribution is 0.0596. The Labute approximate surface area is 257 Å². The molecule has 5 aromatic rings. The summed E-state index contributed by atoms with van der Waals surface area (Å²) in [5.74, 6) is 0.306. The highest BCUT2D eigenvalue weighted by atomic mass is 28.4. The number of benzene rings is 3. The lowest BCUT2D eigenvalue weighted by atomic mass is 10.1. The average Bonchev–Trinajstić information content (AvgIpc) is 3.39. The van der Waals surface area contributed by atoms with Crippen molar-refractivity contribution in [2.75, 3.05) is 20.3 Å². The summed E-state index contributed by atoms with van der Waals surface area (Å²) in [4.78, 5) is 38.3. The molecule has 0 spiro atoms. The van der Waals surface area contributed by atoms with Gasteiger partial charge in [-0.05, 0) is 40.4 Å². The first-order valence-corrected chi connectivity index (χ1v) is 16.7. The third-order valence-electron chi connectivity index (χ3n) is 8.28. The van der Waals surface area contributed by atoms with E-state index < -0.39 is 14.3 Å². The molecule has 3 aromatic carbocycles. The highest BCUT2D eigenvalue weighted by Gasteiger charge is 2.52. The second-order valence-electron chi connectivity index (χ2n) is 12.0. The van der Waals surface area contributed by atoms with Crippen LogP contribution in [0.5, 0.6) is 5.75 Å². The fourth-order valence-electron chi connectivity index (χ4n) is 6.18. The number of hydrogen-bond donors (Lipinski definition) is 1. The molecule has 0 unspecified atom stereocenters. The monoisotopic (exact) mass is 608 g/mol. The van der Waals surface area contributed by atoms with Crippen LogP contribution in [0.15, 0.2) is 89.7 Å². The Morgan fingerprint density at radius 2 is 1.57 bits per heavy atom. The topological polar surface area (TPSA) is 108 Å². The second kappa shape index (κ2) is 11.9. The molecule has 1 aliphatic heterocycles.